The molecular formula is C38H63BrN2O4. The van der Waals surface area contributed by atoms with Crippen LogP contribution in [0.3, 0.4) is 0 Å². The molecule has 45 heavy (non-hydrogen) atoms. The standard InChI is InChI=1S/C38H63N2O4.BrH/c1-7-20-40(21-12-9-13-22-40)33-24-31-29-15-14-28-23-34(44-36(42)26(2)3)32(39-18-10-8-11-19-39)25-38(28,6)30(29)16-17-37(31,5)35(33)43-27(4)41;/h7,26,28-35H,1,8-25H2,2-6H3;1H/q+1;/p-1/t28-,29+,30-,31-,32-,33-,34-,35-,37-,38-;/m0./s1. The average molecular weight is 692 g/mol. The van der Waals surface area contributed by atoms with Gasteiger partial charge in [0.1, 0.15) is 12.1 Å². The summed E-state index contributed by atoms with van der Waals surface area (Å²) in [4.78, 5) is 28.3. The first-order valence-electron chi connectivity index (χ1n) is 18.6. The third kappa shape index (κ3) is 6.34. The molecule has 256 valence electrons. The van der Waals surface area contributed by atoms with Crippen LogP contribution in [0.15, 0.2) is 12.7 Å². The first-order chi connectivity index (χ1) is 21.0. The van der Waals surface area contributed by atoms with Crippen LogP contribution < -0.4 is 17.0 Å². The van der Waals surface area contributed by atoms with Gasteiger partial charge in [0.05, 0.1) is 25.6 Å². The molecule has 0 aromatic carbocycles. The Balaban J connectivity index is 0.00000400. The number of fused-ring (bicyclic) bond motifs is 5. The van der Waals surface area contributed by atoms with Gasteiger partial charge in [-0.3, -0.25) is 14.5 Å². The van der Waals surface area contributed by atoms with E-state index < -0.39 is 0 Å². The smallest absolute Gasteiger partial charge is 0.308 e. The first-order valence-corrected chi connectivity index (χ1v) is 18.6. The molecule has 10 atom stereocenters. The summed E-state index contributed by atoms with van der Waals surface area (Å²) < 4.78 is 13.9. The molecule has 6 fully saturated rings. The summed E-state index contributed by atoms with van der Waals surface area (Å²) in [6, 6.07) is 0.718. The molecule has 0 amide bonds. The van der Waals surface area contributed by atoms with Crippen LogP contribution in [-0.2, 0) is 19.1 Å². The van der Waals surface area contributed by atoms with E-state index in [4.69, 9.17) is 9.47 Å². The van der Waals surface area contributed by atoms with E-state index in [1.165, 1.54) is 77.3 Å². The van der Waals surface area contributed by atoms with Gasteiger partial charge in [0.15, 0.2) is 6.10 Å². The van der Waals surface area contributed by atoms with Crippen molar-refractivity contribution in [2.75, 3.05) is 32.7 Å². The summed E-state index contributed by atoms with van der Waals surface area (Å²) in [5, 5.41) is 0. The summed E-state index contributed by atoms with van der Waals surface area (Å²) >= 11 is 0. The maximum Gasteiger partial charge on any atom is 0.308 e. The molecule has 0 N–H and O–H groups in total. The van der Waals surface area contributed by atoms with Crippen molar-refractivity contribution in [2.45, 2.75) is 142 Å². The summed E-state index contributed by atoms with van der Waals surface area (Å²) in [6.07, 6.45) is 18.1. The van der Waals surface area contributed by atoms with Gasteiger partial charge in [-0.05, 0) is 119 Å². The minimum atomic E-state index is -0.105. The largest absolute Gasteiger partial charge is 1.00 e. The fourth-order valence-corrected chi connectivity index (χ4v) is 12.2. The summed E-state index contributed by atoms with van der Waals surface area (Å²) in [7, 11) is 0. The highest BCUT2D eigenvalue weighted by atomic mass is 79.9. The van der Waals surface area contributed by atoms with Gasteiger partial charge in [-0.2, -0.15) is 0 Å². The van der Waals surface area contributed by atoms with Crippen LogP contribution in [0, 0.1) is 40.4 Å². The van der Waals surface area contributed by atoms with E-state index in [9.17, 15) is 9.59 Å². The number of ether oxygens (including phenoxy) is 2. The number of likely N-dealkylation sites (tertiary alicyclic amines) is 2. The van der Waals surface area contributed by atoms with Crippen LogP contribution in [0.4, 0.5) is 0 Å². The van der Waals surface area contributed by atoms with Crippen molar-refractivity contribution in [3.63, 3.8) is 0 Å². The molecular weight excluding hydrogens is 628 g/mol. The van der Waals surface area contributed by atoms with Crippen LogP contribution in [0.1, 0.15) is 118 Å². The van der Waals surface area contributed by atoms with Crippen LogP contribution in [-0.4, -0.2) is 78.3 Å². The minimum Gasteiger partial charge on any atom is -1.00 e. The molecule has 4 saturated carbocycles. The molecule has 0 unspecified atom stereocenters. The zero-order valence-electron chi connectivity index (χ0n) is 29.1. The van der Waals surface area contributed by atoms with Gasteiger partial charge in [0.2, 0.25) is 0 Å². The Labute approximate surface area is 284 Å². The van der Waals surface area contributed by atoms with Gasteiger partial charge in [-0.25, -0.2) is 0 Å². The predicted molar refractivity (Wildman–Crippen MR) is 175 cm³/mol. The fraction of sp³-hybridized carbons (Fsp3) is 0.895. The normalized spacial score (nSPS) is 42.8. The van der Waals surface area contributed by atoms with E-state index in [2.05, 4.69) is 31.4 Å². The molecule has 7 heteroatoms. The molecule has 0 bridgehead atoms. The van der Waals surface area contributed by atoms with Gasteiger partial charge < -0.3 is 30.9 Å². The highest BCUT2D eigenvalue weighted by Gasteiger charge is 2.67. The molecule has 6 aliphatic rings. The number of carbonyl (C=O) groups is 2. The Hall–Kier alpha value is -0.920. The molecule has 4 aliphatic carbocycles. The van der Waals surface area contributed by atoms with E-state index in [0.29, 0.717) is 35.8 Å². The number of rotatable bonds is 7. The molecule has 2 saturated heterocycles. The number of quaternary nitrogens is 1. The number of carbonyl (C=O) groups excluding carboxylic acids is 2. The fourth-order valence-electron chi connectivity index (χ4n) is 12.2. The summed E-state index contributed by atoms with van der Waals surface area (Å²) in [6.45, 7) is 20.6. The van der Waals surface area contributed by atoms with E-state index in [1.807, 2.05) is 13.8 Å². The number of halogens is 1. The van der Waals surface area contributed by atoms with Crippen LogP contribution in [0.2, 0.25) is 0 Å². The molecule has 0 aromatic heterocycles. The lowest BCUT2D eigenvalue weighted by atomic mass is 9.44. The first kappa shape index (κ1) is 35.4. The van der Waals surface area contributed by atoms with Crippen molar-refractivity contribution in [1.29, 1.82) is 0 Å². The molecule has 0 spiro atoms. The van der Waals surface area contributed by atoms with Crippen molar-refractivity contribution in [3.05, 3.63) is 12.7 Å². The predicted octanol–water partition coefficient (Wildman–Crippen LogP) is 4.16. The third-order valence-electron chi connectivity index (χ3n) is 14.4. The van der Waals surface area contributed by atoms with Crippen LogP contribution in [0.25, 0.3) is 0 Å². The monoisotopic (exact) mass is 690 g/mol. The highest BCUT2D eigenvalue weighted by Crippen LogP contribution is 2.68. The topological polar surface area (TPSA) is 55.8 Å². The average Bonchev–Trinajstić information content (AvgIpc) is 3.30. The summed E-state index contributed by atoms with van der Waals surface area (Å²) in [5.74, 6) is 2.38. The Morgan fingerprint density at radius 3 is 2.27 bits per heavy atom. The summed E-state index contributed by atoms with van der Waals surface area (Å²) in [5.41, 5.74) is 0.307. The van der Waals surface area contributed by atoms with Crippen LogP contribution in [0.5, 0.6) is 0 Å². The lowest BCUT2D eigenvalue weighted by molar-refractivity contribution is -0.952. The van der Waals surface area contributed by atoms with Gasteiger partial charge >= 0.3 is 11.9 Å². The van der Waals surface area contributed by atoms with Crippen molar-refractivity contribution in [3.8, 4) is 0 Å². The van der Waals surface area contributed by atoms with Crippen molar-refractivity contribution >= 4 is 11.9 Å². The third-order valence-corrected chi connectivity index (χ3v) is 14.4. The molecule has 6 nitrogen and oxygen atoms in total. The van der Waals surface area contributed by atoms with Crippen molar-refractivity contribution in [1.82, 2.24) is 4.90 Å². The number of hydrogen-bond acceptors (Lipinski definition) is 5. The van der Waals surface area contributed by atoms with Gasteiger partial charge in [-0.15, -0.1) is 0 Å². The zero-order chi connectivity index (χ0) is 31.3. The highest BCUT2D eigenvalue weighted by molar-refractivity contribution is 5.71. The van der Waals surface area contributed by atoms with E-state index in [1.54, 1.807) is 6.92 Å². The number of nitrogens with zero attached hydrogens (tertiary/aromatic N) is 2. The maximum atomic E-state index is 12.9. The lowest BCUT2D eigenvalue weighted by Crippen LogP contribution is -3.00. The van der Waals surface area contributed by atoms with Crippen molar-refractivity contribution in [2.24, 2.45) is 40.4 Å². The lowest BCUT2D eigenvalue weighted by Gasteiger charge is -2.62. The Morgan fingerprint density at radius 1 is 0.933 bits per heavy atom. The van der Waals surface area contributed by atoms with Crippen LogP contribution >= 0.6 is 0 Å². The minimum absolute atomic E-state index is 0. The Morgan fingerprint density at radius 2 is 1.62 bits per heavy atom. The molecule has 2 aliphatic heterocycles. The molecule has 0 radical (unpaired) electrons. The second-order valence-corrected chi connectivity index (χ2v) is 17.0. The van der Waals surface area contributed by atoms with E-state index in [0.717, 1.165) is 43.4 Å². The van der Waals surface area contributed by atoms with Gasteiger partial charge in [0.25, 0.3) is 0 Å². The quantitative estimate of drug-likeness (QED) is 0.228. The Kier molecular flexibility index (Phi) is 10.9. The Bertz CT molecular complexity index is 1070. The van der Waals surface area contributed by atoms with Gasteiger partial charge in [0, 0.05) is 24.8 Å². The van der Waals surface area contributed by atoms with E-state index in [-0.39, 0.29) is 57.9 Å². The molecule has 0 aromatic rings. The van der Waals surface area contributed by atoms with Crippen molar-refractivity contribution < 1.29 is 40.5 Å². The zero-order valence-corrected chi connectivity index (χ0v) is 30.7. The van der Waals surface area contributed by atoms with Gasteiger partial charge in [-0.1, -0.05) is 40.7 Å². The number of hydrogen-bond donors (Lipinski definition) is 0. The maximum absolute atomic E-state index is 12.9. The van der Waals surface area contributed by atoms with E-state index >= 15 is 0 Å². The number of piperidine rings is 2. The number of esters is 2. The SMILES string of the molecule is C=CC[N+]1([C@H]2C[C@H]3[C@@H]4CC[C@H]5C[C@H](OC(=O)C(C)C)[C@@H](N6CCCCC6)C[C@]5(C)[C@H]4CC[C@]3(C)[C@H]2OC(C)=O)CCCCC1.[Br-]. The molecule has 2 heterocycles. The second kappa shape index (κ2) is 13.9. The molecule has 6 rings (SSSR count). The second-order valence-electron chi connectivity index (χ2n) is 17.0.